The number of benzene rings is 1. The molecular weight excluding hydrogens is 396 g/mol. The predicted octanol–water partition coefficient (Wildman–Crippen LogP) is 3.53. The van der Waals surface area contributed by atoms with Crippen LogP contribution in [0, 0.1) is 0 Å². The van der Waals surface area contributed by atoms with Crippen molar-refractivity contribution in [1.82, 2.24) is 20.0 Å². The zero-order valence-corrected chi connectivity index (χ0v) is 18.9. The van der Waals surface area contributed by atoms with Gasteiger partial charge in [-0.15, -0.1) is 0 Å². The lowest BCUT2D eigenvalue weighted by Gasteiger charge is -2.36. The molecule has 2 aromatic rings. The number of ether oxygens (including phenoxy) is 2. The summed E-state index contributed by atoms with van der Waals surface area (Å²) in [6.45, 7) is 6.19. The summed E-state index contributed by atoms with van der Waals surface area (Å²) in [5.74, 6) is -0.121. The number of nitrogens with zero attached hydrogens (tertiary/aromatic N) is 3. The molecule has 8 nitrogen and oxygen atoms in total. The molecule has 1 fully saturated rings. The minimum absolute atomic E-state index is 0.0925. The van der Waals surface area contributed by atoms with E-state index in [1.54, 1.807) is 24.8 Å². The van der Waals surface area contributed by atoms with Crippen molar-refractivity contribution in [2.75, 3.05) is 14.1 Å². The molecule has 0 saturated heterocycles. The molecule has 31 heavy (non-hydrogen) atoms. The van der Waals surface area contributed by atoms with Crippen molar-refractivity contribution in [3.63, 3.8) is 0 Å². The lowest BCUT2D eigenvalue weighted by Crippen LogP contribution is -2.36. The van der Waals surface area contributed by atoms with E-state index in [0.717, 1.165) is 18.4 Å². The zero-order valence-electron chi connectivity index (χ0n) is 18.9. The van der Waals surface area contributed by atoms with E-state index in [0.29, 0.717) is 18.0 Å². The van der Waals surface area contributed by atoms with Crippen molar-refractivity contribution < 1.29 is 19.1 Å². The summed E-state index contributed by atoms with van der Waals surface area (Å²) in [5.41, 5.74) is 1.70. The average Bonchev–Trinajstić information content (AvgIpc) is 3.07. The van der Waals surface area contributed by atoms with Gasteiger partial charge in [-0.2, -0.15) is 5.10 Å². The third kappa shape index (κ3) is 6.30. The Morgan fingerprint density at radius 1 is 1.19 bits per heavy atom. The molecule has 1 heterocycles. The molecule has 1 aromatic heterocycles. The van der Waals surface area contributed by atoms with Crippen molar-refractivity contribution in [1.29, 1.82) is 0 Å². The van der Waals surface area contributed by atoms with Crippen LogP contribution in [0.3, 0.4) is 0 Å². The normalized spacial score (nSPS) is 18.2. The molecule has 0 bridgehead atoms. The summed E-state index contributed by atoms with van der Waals surface area (Å²) in [6, 6.07) is 11.9. The number of carbonyl (C=O) groups is 2. The van der Waals surface area contributed by atoms with E-state index in [1.807, 2.05) is 51.1 Å². The second kappa shape index (κ2) is 9.51. The quantitative estimate of drug-likeness (QED) is 0.729. The van der Waals surface area contributed by atoms with Gasteiger partial charge < -0.3 is 19.7 Å². The fourth-order valence-electron chi connectivity index (χ4n) is 3.34. The summed E-state index contributed by atoms with van der Waals surface area (Å²) in [5, 5.41) is 7.30. The van der Waals surface area contributed by atoms with Crippen molar-refractivity contribution in [3.8, 4) is 0 Å². The first-order valence-corrected chi connectivity index (χ1v) is 10.5. The summed E-state index contributed by atoms with van der Waals surface area (Å²) in [7, 11) is 3.43. The smallest absolute Gasteiger partial charge is 0.407 e. The van der Waals surface area contributed by atoms with E-state index in [2.05, 4.69) is 10.4 Å². The molecule has 8 heteroatoms. The molecule has 3 rings (SSSR count). The summed E-state index contributed by atoms with van der Waals surface area (Å²) < 4.78 is 13.0. The van der Waals surface area contributed by atoms with Gasteiger partial charge in [-0.25, -0.2) is 4.79 Å². The molecule has 168 valence electrons. The standard InChI is InChI=1S/C23H32N4O4/c1-23(2,3)31-22(29)24-14-17-11-20(21(28)26(4)5)27(25-17)18-12-19(13-18)30-15-16-9-7-6-8-10-16/h6-11,18-19H,12-15H2,1-5H3,(H,24,29)/t18-,19+. The molecule has 1 aliphatic carbocycles. The first-order chi connectivity index (χ1) is 14.6. The van der Waals surface area contributed by atoms with Crippen molar-refractivity contribution in [3.05, 3.63) is 53.3 Å². The molecule has 0 atom stereocenters. The van der Waals surface area contributed by atoms with Crippen LogP contribution in [0.5, 0.6) is 0 Å². The fraction of sp³-hybridized carbons (Fsp3) is 0.522. The number of carbonyl (C=O) groups excluding carboxylic acids is 2. The minimum atomic E-state index is -0.573. The monoisotopic (exact) mass is 428 g/mol. The van der Waals surface area contributed by atoms with Crippen molar-refractivity contribution in [2.24, 2.45) is 0 Å². The maximum atomic E-state index is 12.7. The Balaban J connectivity index is 1.61. The van der Waals surface area contributed by atoms with Crippen molar-refractivity contribution in [2.45, 2.75) is 64.5 Å². The van der Waals surface area contributed by atoms with Crippen LogP contribution < -0.4 is 5.32 Å². The van der Waals surface area contributed by atoms with Crippen molar-refractivity contribution >= 4 is 12.0 Å². The van der Waals surface area contributed by atoms with Gasteiger partial charge in [0.05, 0.1) is 31.0 Å². The molecule has 1 aliphatic rings. The third-order valence-corrected chi connectivity index (χ3v) is 4.97. The van der Waals surface area contributed by atoms with Crippen LogP contribution in [0.25, 0.3) is 0 Å². The number of hydrogen-bond acceptors (Lipinski definition) is 5. The highest BCUT2D eigenvalue weighted by atomic mass is 16.6. The number of aromatic nitrogens is 2. The molecule has 1 N–H and O–H groups in total. The Morgan fingerprint density at radius 2 is 1.87 bits per heavy atom. The van der Waals surface area contributed by atoms with E-state index in [9.17, 15) is 9.59 Å². The highest BCUT2D eigenvalue weighted by Gasteiger charge is 2.35. The number of alkyl carbamates (subject to hydrolysis) is 1. The molecule has 0 unspecified atom stereocenters. The molecule has 1 saturated carbocycles. The van der Waals surface area contributed by atoms with Crippen LogP contribution in [0.2, 0.25) is 0 Å². The molecule has 0 radical (unpaired) electrons. The second-order valence-corrected chi connectivity index (χ2v) is 9.06. The Hall–Kier alpha value is -2.87. The SMILES string of the molecule is CN(C)C(=O)c1cc(CNC(=O)OC(C)(C)C)nn1[C@H]1C[C@@H](OCc2ccccc2)C1. The molecule has 1 aromatic carbocycles. The maximum Gasteiger partial charge on any atom is 0.407 e. The zero-order chi connectivity index (χ0) is 22.6. The largest absolute Gasteiger partial charge is 0.444 e. The number of nitrogens with one attached hydrogen (secondary N) is 1. The first-order valence-electron chi connectivity index (χ1n) is 10.5. The van der Waals surface area contributed by atoms with Gasteiger partial charge in [-0.05, 0) is 45.2 Å². The number of hydrogen-bond donors (Lipinski definition) is 1. The molecule has 2 amide bonds. The summed E-state index contributed by atoms with van der Waals surface area (Å²) in [4.78, 5) is 26.1. The topological polar surface area (TPSA) is 85.7 Å². The fourth-order valence-corrected chi connectivity index (χ4v) is 3.34. The van der Waals surface area contributed by atoms with Crippen LogP contribution in [-0.2, 0) is 22.6 Å². The van der Waals surface area contributed by atoms with Gasteiger partial charge in [0.1, 0.15) is 11.3 Å². The highest BCUT2D eigenvalue weighted by molar-refractivity contribution is 5.92. The molecule has 0 spiro atoms. The average molecular weight is 429 g/mol. The van der Waals surface area contributed by atoms with Gasteiger partial charge in [0.15, 0.2) is 0 Å². The minimum Gasteiger partial charge on any atom is -0.444 e. The highest BCUT2D eigenvalue weighted by Crippen LogP contribution is 2.36. The van der Waals surface area contributed by atoms with Gasteiger partial charge >= 0.3 is 6.09 Å². The van der Waals surface area contributed by atoms with Gasteiger partial charge in [-0.1, -0.05) is 30.3 Å². The summed E-state index contributed by atoms with van der Waals surface area (Å²) >= 11 is 0. The summed E-state index contributed by atoms with van der Waals surface area (Å²) in [6.07, 6.45) is 1.21. The van der Waals surface area contributed by atoms with Crippen LogP contribution in [0.4, 0.5) is 4.79 Å². The lowest BCUT2D eigenvalue weighted by atomic mass is 9.89. The first kappa shape index (κ1) is 22.8. The Morgan fingerprint density at radius 3 is 2.48 bits per heavy atom. The predicted molar refractivity (Wildman–Crippen MR) is 117 cm³/mol. The maximum absolute atomic E-state index is 12.7. The molecule has 0 aliphatic heterocycles. The van der Waals surface area contributed by atoms with Crippen LogP contribution in [0.15, 0.2) is 36.4 Å². The van der Waals surface area contributed by atoms with Gasteiger partial charge in [-0.3, -0.25) is 9.48 Å². The van der Waals surface area contributed by atoms with Crippen LogP contribution in [-0.4, -0.2) is 52.5 Å². The van der Waals surface area contributed by atoms with Gasteiger partial charge in [0.25, 0.3) is 5.91 Å². The van der Waals surface area contributed by atoms with E-state index in [4.69, 9.17) is 9.47 Å². The van der Waals surface area contributed by atoms with Gasteiger partial charge in [0.2, 0.25) is 0 Å². The number of amides is 2. The Labute approximate surface area is 183 Å². The van der Waals surface area contributed by atoms with E-state index in [-0.39, 0.29) is 24.6 Å². The van der Waals surface area contributed by atoms with E-state index >= 15 is 0 Å². The second-order valence-electron chi connectivity index (χ2n) is 9.06. The Bertz CT molecular complexity index is 896. The van der Waals surface area contributed by atoms with Crippen LogP contribution in [0.1, 0.15) is 61.4 Å². The Kier molecular flexibility index (Phi) is 7.00. The van der Waals surface area contributed by atoms with E-state index in [1.165, 1.54) is 4.90 Å². The lowest BCUT2D eigenvalue weighted by molar-refractivity contribution is -0.0390. The van der Waals surface area contributed by atoms with Gasteiger partial charge in [0, 0.05) is 14.1 Å². The third-order valence-electron chi connectivity index (χ3n) is 4.97. The molecular formula is C23H32N4O4. The van der Waals surface area contributed by atoms with Crippen LogP contribution >= 0.6 is 0 Å². The number of rotatable bonds is 7. The van der Waals surface area contributed by atoms with E-state index < -0.39 is 11.7 Å².